The SMILES string of the molecule is Fc1cncc(F)c1NCCC1CCOc2ccccc21. The van der Waals surface area contributed by atoms with Crippen molar-refractivity contribution in [3.05, 3.63) is 53.9 Å². The molecule has 0 amide bonds. The molecule has 3 rings (SSSR count). The predicted octanol–water partition coefficient (Wildman–Crippen LogP) is 3.73. The van der Waals surface area contributed by atoms with Gasteiger partial charge in [-0.25, -0.2) is 8.78 Å². The van der Waals surface area contributed by atoms with Crippen molar-refractivity contribution in [2.75, 3.05) is 18.5 Å². The van der Waals surface area contributed by atoms with Gasteiger partial charge < -0.3 is 10.1 Å². The quantitative estimate of drug-likeness (QED) is 0.931. The molecule has 0 saturated carbocycles. The summed E-state index contributed by atoms with van der Waals surface area (Å²) >= 11 is 0. The molecular weight excluding hydrogens is 274 g/mol. The number of pyridine rings is 1. The summed E-state index contributed by atoms with van der Waals surface area (Å²) in [5, 5.41) is 2.83. The molecule has 0 spiro atoms. The summed E-state index contributed by atoms with van der Waals surface area (Å²) in [6, 6.07) is 7.93. The van der Waals surface area contributed by atoms with E-state index in [-0.39, 0.29) is 5.69 Å². The number of hydrogen-bond donors (Lipinski definition) is 1. The molecular formula is C16H16F2N2O. The molecule has 1 aliphatic rings. The molecule has 3 nitrogen and oxygen atoms in total. The Bertz CT molecular complexity index is 613. The van der Waals surface area contributed by atoms with Crippen molar-refractivity contribution in [2.45, 2.75) is 18.8 Å². The topological polar surface area (TPSA) is 34.2 Å². The Morgan fingerprint density at radius 1 is 1.19 bits per heavy atom. The van der Waals surface area contributed by atoms with E-state index in [4.69, 9.17) is 4.74 Å². The molecule has 0 fully saturated rings. The average molecular weight is 290 g/mol. The number of nitrogens with zero attached hydrogens (tertiary/aromatic N) is 1. The molecule has 0 aliphatic carbocycles. The zero-order valence-electron chi connectivity index (χ0n) is 11.5. The van der Waals surface area contributed by atoms with Gasteiger partial charge in [-0.05, 0) is 30.4 Å². The Labute approximate surface area is 122 Å². The molecule has 5 heteroatoms. The van der Waals surface area contributed by atoms with Gasteiger partial charge in [0.05, 0.1) is 19.0 Å². The summed E-state index contributed by atoms with van der Waals surface area (Å²) in [6.07, 6.45) is 3.73. The maximum Gasteiger partial charge on any atom is 0.167 e. The van der Waals surface area contributed by atoms with E-state index in [9.17, 15) is 8.78 Å². The lowest BCUT2D eigenvalue weighted by molar-refractivity contribution is 0.264. The Balaban J connectivity index is 1.64. The fraction of sp³-hybridized carbons (Fsp3) is 0.312. The van der Waals surface area contributed by atoms with E-state index in [2.05, 4.69) is 10.3 Å². The molecule has 21 heavy (non-hydrogen) atoms. The normalized spacial score (nSPS) is 17.0. The smallest absolute Gasteiger partial charge is 0.167 e. The zero-order chi connectivity index (χ0) is 14.7. The lowest BCUT2D eigenvalue weighted by Gasteiger charge is -2.26. The lowest BCUT2D eigenvalue weighted by atomic mass is 9.90. The first-order chi connectivity index (χ1) is 10.3. The van der Waals surface area contributed by atoms with Crippen LogP contribution < -0.4 is 10.1 Å². The van der Waals surface area contributed by atoms with Crippen LogP contribution in [0.25, 0.3) is 0 Å². The van der Waals surface area contributed by atoms with E-state index < -0.39 is 11.6 Å². The molecule has 2 heterocycles. The van der Waals surface area contributed by atoms with Gasteiger partial charge in [0.2, 0.25) is 0 Å². The number of benzene rings is 1. The summed E-state index contributed by atoms with van der Waals surface area (Å²) < 4.78 is 32.5. The first-order valence-corrected chi connectivity index (χ1v) is 7.00. The highest BCUT2D eigenvalue weighted by Crippen LogP contribution is 2.35. The second-order valence-electron chi connectivity index (χ2n) is 5.07. The largest absolute Gasteiger partial charge is 0.493 e. The van der Waals surface area contributed by atoms with Crippen molar-refractivity contribution in [3.63, 3.8) is 0 Å². The minimum atomic E-state index is -0.664. The van der Waals surface area contributed by atoms with Gasteiger partial charge >= 0.3 is 0 Å². The Morgan fingerprint density at radius 2 is 1.95 bits per heavy atom. The molecule has 1 aromatic carbocycles. The first kappa shape index (κ1) is 13.8. The Kier molecular flexibility index (Phi) is 3.99. The van der Waals surface area contributed by atoms with Gasteiger partial charge in [-0.3, -0.25) is 4.98 Å². The standard InChI is InChI=1S/C16H16F2N2O/c17-13-9-19-10-14(18)16(13)20-7-5-11-6-8-21-15-4-2-1-3-12(11)15/h1-4,9-11H,5-8H2,(H,19,20). The number of hydrogen-bond acceptors (Lipinski definition) is 3. The Hall–Kier alpha value is -2.17. The summed E-state index contributed by atoms with van der Waals surface area (Å²) in [6.45, 7) is 1.18. The van der Waals surface area contributed by atoms with E-state index in [1.165, 1.54) is 5.56 Å². The molecule has 1 unspecified atom stereocenters. The van der Waals surface area contributed by atoms with E-state index >= 15 is 0 Å². The average Bonchev–Trinajstić information content (AvgIpc) is 2.50. The van der Waals surface area contributed by atoms with Crippen LogP contribution in [0.5, 0.6) is 5.75 Å². The van der Waals surface area contributed by atoms with Gasteiger partial charge in [0.25, 0.3) is 0 Å². The van der Waals surface area contributed by atoms with Gasteiger partial charge in [0.1, 0.15) is 11.4 Å². The number of fused-ring (bicyclic) bond motifs is 1. The van der Waals surface area contributed by atoms with E-state index in [0.717, 1.165) is 31.0 Å². The van der Waals surface area contributed by atoms with Crippen molar-refractivity contribution >= 4 is 5.69 Å². The molecule has 0 bridgehead atoms. The van der Waals surface area contributed by atoms with Crippen LogP contribution in [-0.4, -0.2) is 18.1 Å². The van der Waals surface area contributed by atoms with Gasteiger partial charge in [0, 0.05) is 6.54 Å². The van der Waals surface area contributed by atoms with Crippen LogP contribution >= 0.6 is 0 Å². The number of halogens is 2. The number of para-hydroxylation sites is 1. The minimum absolute atomic E-state index is 0.106. The third-order valence-corrected chi connectivity index (χ3v) is 3.73. The van der Waals surface area contributed by atoms with Gasteiger partial charge in [-0.1, -0.05) is 18.2 Å². The van der Waals surface area contributed by atoms with Gasteiger partial charge in [0.15, 0.2) is 11.6 Å². The van der Waals surface area contributed by atoms with E-state index in [0.29, 0.717) is 19.1 Å². The minimum Gasteiger partial charge on any atom is -0.493 e. The second-order valence-corrected chi connectivity index (χ2v) is 5.07. The van der Waals surface area contributed by atoms with Gasteiger partial charge in [-0.2, -0.15) is 0 Å². The van der Waals surface area contributed by atoms with Crippen LogP contribution in [0.15, 0.2) is 36.7 Å². The summed E-state index contributed by atoms with van der Waals surface area (Å²) in [5.74, 6) is -0.0739. The second kappa shape index (κ2) is 6.08. The van der Waals surface area contributed by atoms with Crippen LogP contribution in [0.2, 0.25) is 0 Å². The number of aromatic nitrogens is 1. The third kappa shape index (κ3) is 2.96. The van der Waals surface area contributed by atoms with Crippen LogP contribution in [0.1, 0.15) is 24.3 Å². The van der Waals surface area contributed by atoms with Gasteiger partial charge in [-0.15, -0.1) is 0 Å². The first-order valence-electron chi connectivity index (χ1n) is 7.00. The van der Waals surface area contributed by atoms with E-state index in [1.54, 1.807) is 0 Å². The highest BCUT2D eigenvalue weighted by atomic mass is 19.1. The summed E-state index contributed by atoms with van der Waals surface area (Å²) in [7, 11) is 0. The van der Waals surface area contributed by atoms with Crippen molar-refractivity contribution in [2.24, 2.45) is 0 Å². The van der Waals surface area contributed by atoms with Crippen molar-refractivity contribution in [1.82, 2.24) is 4.98 Å². The molecule has 2 aromatic rings. The number of nitrogens with one attached hydrogen (secondary N) is 1. The molecule has 0 radical (unpaired) electrons. The van der Waals surface area contributed by atoms with E-state index in [1.807, 2.05) is 24.3 Å². The predicted molar refractivity (Wildman–Crippen MR) is 76.6 cm³/mol. The highest BCUT2D eigenvalue weighted by molar-refractivity contribution is 5.44. The van der Waals surface area contributed by atoms with Crippen LogP contribution in [-0.2, 0) is 0 Å². The van der Waals surface area contributed by atoms with Crippen molar-refractivity contribution < 1.29 is 13.5 Å². The van der Waals surface area contributed by atoms with Crippen molar-refractivity contribution in [1.29, 1.82) is 0 Å². The molecule has 1 aliphatic heterocycles. The number of anilines is 1. The van der Waals surface area contributed by atoms with Crippen LogP contribution in [0.4, 0.5) is 14.5 Å². The Morgan fingerprint density at radius 3 is 2.76 bits per heavy atom. The lowest BCUT2D eigenvalue weighted by Crippen LogP contribution is -2.17. The zero-order valence-corrected chi connectivity index (χ0v) is 11.5. The number of rotatable bonds is 4. The van der Waals surface area contributed by atoms with Crippen LogP contribution in [0, 0.1) is 11.6 Å². The monoisotopic (exact) mass is 290 g/mol. The maximum absolute atomic E-state index is 13.5. The molecule has 1 N–H and O–H groups in total. The maximum atomic E-state index is 13.5. The molecule has 1 aromatic heterocycles. The highest BCUT2D eigenvalue weighted by Gasteiger charge is 2.20. The summed E-state index contributed by atoms with van der Waals surface area (Å²) in [4.78, 5) is 3.47. The fourth-order valence-corrected chi connectivity index (χ4v) is 2.67. The third-order valence-electron chi connectivity index (χ3n) is 3.73. The fourth-order valence-electron chi connectivity index (χ4n) is 2.67. The summed E-state index contributed by atoms with van der Waals surface area (Å²) in [5.41, 5.74) is 1.06. The molecule has 1 atom stereocenters. The molecule has 110 valence electrons. The van der Waals surface area contributed by atoms with Crippen molar-refractivity contribution in [3.8, 4) is 5.75 Å². The number of ether oxygens (including phenoxy) is 1. The van der Waals surface area contributed by atoms with Crippen LogP contribution in [0.3, 0.4) is 0 Å². The molecule has 0 saturated heterocycles.